The number of ketones is 1. The molecule has 0 bridgehead atoms. The van der Waals surface area contributed by atoms with Crippen LogP contribution < -0.4 is 5.32 Å². The largest absolute Gasteiger partial charge is 0.417 e. The number of carbonyl (C=O) groups excluding carboxylic acids is 2. The van der Waals surface area contributed by atoms with Crippen LogP contribution in [0, 0.1) is 11.3 Å². The second-order valence-corrected chi connectivity index (χ2v) is 11.6. The number of hydrogen-bond donors (Lipinski definition) is 1. The summed E-state index contributed by atoms with van der Waals surface area (Å²) in [5.41, 5.74) is -4.88. The van der Waals surface area contributed by atoms with Crippen molar-refractivity contribution in [1.82, 2.24) is 5.32 Å². The van der Waals surface area contributed by atoms with Gasteiger partial charge in [-0.3, -0.25) is 9.59 Å². The summed E-state index contributed by atoms with van der Waals surface area (Å²) in [6.45, 7) is 4.26. The van der Waals surface area contributed by atoms with Gasteiger partial charge in [0, 0.05) is 24.1 Å². The molecule has 1 N–H and O–H groups in total. The fourth-order valence-corrected chi connectivity index (χ4v) is 4.86. The zero-order valence-electron chi connectivity index (χ0n) is 21.8. The van der Waals surface area contributed by atoms with Crippen LogP contribution in [0.5, 0.6) is 0 Å². The molecule has 1 amide bonds. The number of allylic oxidation sites excluding steroid dienone is 1. The number of carbonyl (C=O) groups is 2. The minimum Gasteiger partial charge on any atom is -0.356 e. The van der Waals surface area contributed by atoms with Gasteiger partial charge >= 0.3 is 12.4 Å². The van der Waals surface area contributed by atoms with E-state index in [0.29, 0.717) is 37.8 Å². The molecule has 0 heterocycles. The van der Waals surface area contributed by atoms with Crippen molar-refractivity contribution < 1.29 is 40.3 Å². The first-order valence-corrected chi connectivity index (χ1v) is 13.6. The normalized spacial score (nSPS) is 16.1. The highest BCUT2D eigenvalue weighted by atomic mass is 35.5. The van der Waals surface area contributed by atoms with E-state index in [1.165, 1.54) is 0 Å². The third-order valence-corrected chi connectivity index (χ3v) is 7.97. The van der Waals surface area contributed by atoms with Gasteiger partial charge in [0.1, 0.15) is 11.7 Å². The summed E-state index contributed by atoms with van der Waals surface area (Å²) in [7, 11) is 0. The molecule has 1 aliphatic rings. The van der Waals surface area contributed by atoms with Crippen LogP contribution >= 0.6 is 34.8 Å². The maximum atomic E-state index is 15.1. The average Bonchev–Trinajstić information content (AvgIpc) is 3.64. The molecule has 1 unspecified atom stereocenters. The molecule has 1 saturated carbocycles. The van der Waals surface area contributed by atoms with Crippen LogP contribution in [0.1, 0.15) is 72.5 Å². The lowest BCUT2D eigenvalue weighted by atomic mass is 9.90. The summed E-state index contributed by atoms with van der Waals surface area (Å²) < 4.78 is 98.5. The molecule has 2 aromatic carbocycles. The van der Waals surface area contributed by atoms with E-state index < -0.39 is 69.9 Å². The first-order valence-electron chi connectivity index (χ1n) is 12.5. The molecule has 1 aliphatic carbocycles. The fraction of sp³-hybridized carbons (Fsp3) is 0.429. The van der Waals surface area contributed by atoms with Gasteiger partial charge in [0.05, 0.1) is 26.0 Å². The summed E-state index contributed by atoms with van der Waals surface area (Å²) in [4.78, 5) is 25.6. The number of nitrogens with one attached hydrogen (secondary N) is 1. The molecule has 2 aromatic rings. The topological polar surface area (TPSA) is 46.2 Å². The van der Waals surface area contributed by atoms with E-state index in [2.05, 4.69) is 5.32 Å². The highest BCUT2D eigenvalue weighted by Gasteiger charge is 2.51. The van der Waals surface area contributed by atoms with Crippen molar-refractivity contribution in [2.45, 2.75) is 57.8 Å². The molecule has 1 fully saturated rings. The molecule has 13 heteroatoms. The van der Waals surface area contributed by atoms with E-state index in [1.54, 1.807) is 0 Å². The predicted molar refractivity (Wildman–Crippen MR) is 144 cm³/mol. The molecular weight excluding hydrogens is 622 g/mol. The van der Waals surface area contributed by atoms with E-state index in [0.717, 1.165) is 18.2 Å². The summed E-state index contributed by atoms with van der Waals surface area (Å²) >= 11 is 17.4. The van der Waals surface area contributed by atoms with Crippen LogP contribution in [-0.2, 0) is 11.0 Å². The van der Waals surface area contributed by atoms with Crippen LogP contribution in [0.4, 0.5) is 30.7 Å². The molecule has 224 valence electrons. The van der Waals surface area contributed by atoms with E-state index in [9.17, 15) is 35.9 Å². The number of halogens is 10. The SMILES string of the molecule is CC(C)CCNC(=O)C1(CC(=O)c2ccc(/C(F)=C/C(c3cc(Cl)c(Cl)c(Cl)c3)C(F)(F)F)cc2C(F)(F)F)CC1. The maximum Gasteiger partial charge on any atom is 0.417 e. The van der Waals surface area contributed by atoms with Gasteiger partial charge in [0.15, 0.2) is 5.78 Å². The number of benzene rings is 2. The summed E-state index contributed by atoms with van der Waals surface area (Å²) in [6, 6.07) is 3.42. The quantitative estimate of drug-likeness (QED) is 0.159. The lowest BCUT2D eigenvalue weighted by Gasteiger charge is -2.20. The third kappa shape index (κ3) is 8.17. The molecular formula is C28H25Cl3F7NO2. The van der Waals surface area contributed by atoms with Gasteiger partial charge in [-0.05, 0) is 55.0 Å². The number of Topliss-reactive ketones (excluding diaryl/α,β-unsaturated/α-hetero) is 1. The lowest BCUT2D eigenvalue weighted by molar-refractivity contribution is -0.140. The van der Waals surface area contributed by atoms with Gasteiger partial charge in [0.25, 0.3) is 0 Å². The Labute approximate surface area is 247 Å². The highest BCUT2D eigenvalue weighted by molar-refractivity contribution is 6.48. The van der Waals surface area contributed by atoms with Crippen molar-refractivity contribution in [3.8, 4) is 0 Å². The lowest BCUT2D eigenvalue weighted by Crippen LogP contribution is -2.34. The minimum atomic E-state index is -5.14. The standard InChI is InChI=1S/C28H25Cl3F7NO2/c1-14(2)5-8-39-25(41)26(6-7-26)13-23(40)17-4-3-15(9-19(17)28(36,37)38)22(32)12-18(27(33,34)35)16-10-20(29)24(31)21(30)11-16/h3-4,9-12,14,18H,5-8,13H2,1-2H3,(H,39,41)/b22-12-. The van der Waals surface area contributed by atoms with E-state index in [1.807, 2.05) is 13.8 Å². The molecule has 3 nitrogen and oxygen atoms in total. The monoisotopic (exact) mass is 645 g/mol. The molecule has 0 aromatic heterocycles. The zero-order chi connectivity index (χ0) is 30.9. The smallest absolute Gasteiger partial charge is 0.356 e. The Kier molecular flexibility index (Phi) is 10.1. The molecule has 0 radical (unpaired) electrons. The van der Waals surface area contributed by atoms with Gasteiger partial charge in [-0.15, -0.1) is 0 Å². The number of alkyl halides is 6. The van der Waals surface area contributed by atoms with Gasteiger partial charge in [-0.2, -0.15) is 26.3 Å². The van der Waals surface area contributed by atoms with Crippen molar-refractivity contribution in [3.63, 3.8) is 0 Å². The second-order valence-electron chi connectivity index (χ2n) is 10.4. The van der Waals surface area contributed by atoms with Gasteiger partial charge in [-0.1, -0.05) is 60.8 Å². The van der Waals surface area contributed by atoms with E-state index in [-0.39, 0.29) is 27.2 Å². The first-order chi connectivity index (χ1) is 18.9. The minimum absolute atomic E-state index is 0.0908. The molecule has 1 atom stereocenters. The third-order valence-electron chi connectivity index (χ3n) is 6.77. The average molecular weight is 647 g/mol. The molecule has 3 rings (SSSR count). The number of amides is 1. The Morgan fingerprint density at radius 3 is 2.07 bits per heavy atom. The number of rotatable bonds is 10. The van der Waals surface area contributed by atoms with Crippen molar-refractivity contribution in [2.75, 3.05) is 6.54 Å². The van der Waals surface area contributed by atoms with Gasteiger partial charge < -0.3 is 5.32 Å². The second kappa shape index (κ2) is 12.5. The van der Waals surface area contributed by atoms with Gasteiger partial charge in [0.2, 0.25) is 5.91 Å². The highest BCUT2D eigenvalue weighted by Crippen LogP contribution is 2.50. The van der Waals surface area contributed by atoms with Crippen molar-refractivity contribution in [2.24, 2.45) is 11.3 Å². The number of hydrogen-bond acceptors (Lipinski definition) is 2. The molecule has 0 aliphatic heterocycles. The van der Waals surface area contributed by atoms with E-state index in [4.69, 9.17) is 34.8 Å². The summed E-state index contributed by atoms with van der Waals surface area (Å²) in [6.07, 6.45) is -9.29. The Hall–Kier alpha value is -2.30. The molecule has 0 saturated heterocycles. The van der Waals surface area contributed by atoms with Gasteiger partial charge in [-0.25, -0.2) is 4.39 Å². The van der Waals surface area contributed by atoms with E-state index >= 15 is 4.39 Å². The summed E-state index contributed by atoms with van der Waals surface area (Å²) in [5, 5.41) is 1.82. The van der Waals surface area contributed by atoms with Crippen molar-refractivity contribution in [3.05, 3.63) is 73.7 Å². The van der Waals surface area contributed by atoms with Crippen molar-refractivity contribution >= 4 is 52.3 Å². The first kappa shape index (κ1) is 33.2. The Bertz CT molecular complexity index is 1330. The van der Waals surface area contributed by atoms with Crippen LogP contribution in [0.15, 0.2) is 36.4 Å². The van der Waals surface area contributed by atoms with Crippen molar-refractivity contribution in [1.29, 1.82) is 0 Å². The predicted octanol–water partition coefficient (Wildman–Crippen LogP) is 9.84. The summed E-state index contributed by atoms with van der Waals surface area (Å²) in [5.74, 6) is -5.35. The maximum absolute atomic E-state index is 15.1. The molecule has 0 spiro atoms. The fourth-order valence-electron chi connectivity index (χ4n) is 4.25. The van der Waals surface area contributed by atoms with Crippen LogP contribution in [0.3, 0.4) is 0 Å². The van der Waals surface area contributed by atoms with Crippen LogP contribution in [-0.4, -0.2) is 24.4 Å². The molecule has 41 heavy (non-hydrogen) atoms. The van der Waals surface area contributed by atoms with Crippen LogP contribution in [0.2, 0.25) is 15.1 Å². The van der Waals surface area contributed by atoms with Crippen LogP contribution in [0.25, 0.3) is 5.83 Å². The Morgan fingerprint density at radius 1 is 1.00 bits per heavy atom. The zero-order valence-corrected chi connectivity index (χ0v) is 24.0. The Morgan fingerprint density at radius 2 is 1.59 bits per heavy atom. The Balaban J connectivity index is 1.94.